The summed E-state index contributed by atoms with van der Waals surface area (Å²) < 4.78 is 18.3. The zero-order valence-corrected chi connectivity index (χ0v) is 17.1. The molecule has 146 valence electrons. The summed E-state index contributed by atoms with van der Waals surface area (Å²) in [5.41, 5.74) is 2.69. The average Bonchev–Trinajstić information content (AvgIpc) is 3.02. The van der Waals surface area contributed by atoms with Crippen molar-refractivity contribution < 1.29 is 13.4 Å². The number of hydrogen-bond donors (Lipinski definition) is 0. The summed E-state index contributed by atoms with van der Waals surface area (Å²) in [4.78, 5) is 21.1. The van der Waals surface area contributed by atoms with Crippen LogP contribution in [0.1, 0.15) is 23.9 Å². The van der Waals surface area contributed by atoms with E-state index >= 15 is 0 Å². The van der Waals surface area contributed by atoms with Gasteiger partial charge in [0.15, 0.2) is 0 Å². The summed E-state index contributed by atoms with van der Waals surface area (Å²) in [7, 11) is -1.30. The van der Waals surface area contributed by atoms with E-state index in [4.69, 9.17) is 4.42 Å². The van der Waals surface area contributed by atoms with Gasteiger partial charge in [0.25, 0.3) is 0 Å². The zero-order valence-electron chi connectivity index (χ0n) is 16.2. The lowest BCUT2D eigenvalue weighted by molar-refractivity contribution is -0.130. The summed E-state index contributed by atoms with van der Waals surface area (Å²) in [5, 5.41) is 0. The first-order chi connectivity index (χ1) is 13.0. The molecule has 0 N–H and O–H groups in total. The summed E-state index contributed by atoms with van der Waals surface area (Å²) in [6.07, 6.45) is 0. The lowest BCUT2D eigenvalue weighted by atomic mass is 10.1. The quantitative estimate of drug-likeness (QED) is 0.759. The van der Waals surface area contributed by atoms with Gasteiger partial charge < -0.3 is 14.2 Å². The number of aromatic nitrogens is 1. The van der Waals surface area contributed by atoms with Crippen LogP contribution in [0, 0.1) is 13.8 Å². The van der Waals surface area contributed by atoms with E-state index < -0.39 is 10.8 Å². The summed E-state index contributed by atoms with van der Waals surface area (Å²) in [6.45, 7) is 10.2. The number of likely N-dealkylation sites (N-methyl/N-ethyl adjacent to an activating group) is 1. The molecule has 0 spiro atoms. The van der Waals surface area contributed by atoms with Crippen LogP contribution in [0.2, 0.25) is 0 Å². The molecule has 0 aliphatic carbocycles. The molecule has 1 aromatic carbocycles. The molecule has 1 aliphatic rings. The maximum Gasteiger partial charge on any atom is 0.235 e. The Labute approximate surface area is 163 Å². The van der Waals surface area contributed by atoms with Crippen molar-refractivity contribution in [1.29, 1.82) is 0 Å². The second-order valence-corrected chi connectivity index (χ2v) is 8.39. The Morgan fingerprint density at radius 3 is 2.63 bits per heavy atom. The molecule has 0 saturated carbocycles. The highest BCUT2D eigenvalue weighted by atomic mass is 32.2. The van der Waals surface area contributed by atoms with Gasteiger partial charge in [0.1, 0.15) is 11.5 Å². The average molecular weight is 390 g/mol. The third kappa shape index (κ3) is 5.05. The molecule has 1 fully saturated rings. The summed E-state index contributed by atoms with van der Waals surface area (Å²) in [6, 6.07) is 7.92. The summed E-state index contributed by atoms with van der Waals surface area (Å²) >= 11 is 0. The van der Waals surface area contributed by atoms with Gasteiger partial charge in [0.05, 0.1) is 11.4 Å². The monoisotopic (exact) mass is 389 g/mol. The van der Waals surface area contributed by atoms with Gasteiger partial charge in [-0.25, -0.2) is 4.98 Å². The molecule has 1 aromatic heterocycles. The lowest BCUT2D eigenvalue weighted by Gasteiger charge is -2.34. The minimum absolute atomic E-state index is 0.0378. The molecule has 1 atom stereocenters. The predicted molar refractivity (Wildman–Crippen MR) is 107 cm³/mol. The van der Waals surface area contributed by atoms with Crippen LogP contribution in [0.3, 0.4) is 0 Å². The molecule has 2 heterocycles. The van der Waals surface area contributed by atoms with E-state index in [1.165, 1.54) is 0 Å². The molecular weight excluding hydrogens is 362 g/mol. The Bertz CT molecular complexity index is 826. The van der Waals surface area contributed by atoms with Gasteiger partial charge in [-0.15, -0.1) is 0 Å². The van der Waals surface area contributed by atoms with Crippen LogP contribution in [-0.4, -0.2) is 63.4 Å². The third-order valence-electron chi connectivity index (χ3n) is 4.91. The van der Waals surface area contributed by atoms with Crippen LogP contribution >= 0.6 is 0 Å². The second kappa shape index (κ2) is 8.80. The Hall–Kier alpha value is -1.99. The highest BCUT2D eigenvalue weighted by Crippen LogP contribution is 2.23. The number of rotatable bonds is 6. The number of nitrogens with zero attached hydrogens (tertiary/aromatic N) is 3. The molecular formula is C20H27N3O3S. The number of piperazine rings is 1. The van der Waals surface area contributed by atoms with Crippen molar-refractivity contribution >= 4 is 16.7 Å². The van der Waals surface area contributed by atoms with Crippen LogP contribution in [0.25, 0.3) is 11.5 Å². The number of carbonyl (C=O) groups is 1. The number of aryl methyl sites for hydroxylation is 2. The first-order valence-electron chi connectivity index (χ1n) is 9.34. The normalized spacial score (nSPS) is 16.5. The smallest absolute Gasteiger partial charge is 0.235 e. The first kappa shape index (κ1) is 19.8. The lowest BCUT2D eigenvalue weighted by Crippen LogP contribution is -2.49. The van der Waals surface area contributed by atoms with Crippen LogP contribution in [0.15, 0.2) is 28.7 Å². The topological polar surface area (TPSA) is 66.7 Å². The van der Waals surface area contributed by atoms with Gasteiger partial charge in [-0.05, 0) is 32.5 Å². The Morgan fingerprint density at radius 1 is 1.22 bits per heavy atom. The van der Waals surface area contributed by atoms with Crippen molar-refractivity contribution in [2.75, 3.05) is 38.5 Å². The molecule has 0 bridgehead atoms. The van der Waals surface area contributed by atoms with Crippen LogP contribution in [0.4, 0.5) is 0 Å². The number of carbonyl (C=O) groups excluding carboxylic acids is 1. The van der Waals surface area contributed by atoms with Gasteiger partial charge in [-0.2, -0.15) is 0 Å². The molecule has 0 radical (unpaired) electrons. The van der Waals surface area contributed by atoms with Gasteiger partial charge in [-0.3, -0.25) is 9.00 Å². The van der Waals surface area contributed by atoms with Crippen molar-refractivity contribution in [1.82, 2.24) is 14.8 Å². The van der Waals surface area contributed by atoms with Crippen molar-refractivity contribution in [3.8, 4) is 11.5 Å². The van der Waals surface area contributed by atoms with Crippen molar-refractivity contribution in [2.45, 2.75) is 26.5 Å². The highest BCUT2D eigenvalue weighted by Gasteiger charge is 2.22. The Kier molecular flexibility index (Phi) is 6.44. The largest absolute Gasteiger partial charge is 0.441 e. The fourth-order valence-electron chi connectivity index (χ4n) is 3.21. The SMILES string of the molecule is CCN1CCN(C(=O)C[S@@](=O)Cc2nc(-c3cccc(C)c3)oc2C)CC1. The van der Waals surface area contributed by atoms with Crippen molar-refractivity contribution in [3.05, 3.63) is 41.3 Å². The predicted octanol–water partition coefficient (Wildman–Crippen LogP) is 2.37. The third-order valence-corrected chi connectivity index (χ3v) is 6.08. The fourth-order valence-corrected chi connectivity index (χ4v) is 4.34. The van der Waals surface area contributed by atoms with Crippen molar-refractivity contribution in [2.24, 2.45) is 0 Å². The van der Waals surface area contributed by atoms with E-state index in [0.717, 1.165) is 30.8 Å². The van der Waals surface area contributed by atoms with E-state index in [2.05, 4.69) is 16.8 Å². The van der Waals surface area contributed by atoms with E-state index in [9.17, 15) is 9.00 Å². The van der Waals surface area contributed by atoms with Gasteiger partial charge in [0.2, 0.25) is 11.8 Å². The molecule has 7 heteroatoms. The number of benzene rings is 1. The molecule has 1 aliphatic heterocycles. The molecule has 3 rings (SSSR count). The van der Waals surface area contributed by atoms with E-state index in [1.807, 2.05) is 43.0 Å². The van der Waals surface area contributed by atoms with Gasteiger partial charge in [-0.1, -0.05) is 24.6 Å². The zero-order chi connectivity index (χ0) is 19.4. The van der Waals surface area contributed by atoms with Gasteiger partial charge >= 0.3 is 0 Å². The standard InChI is InChI=1S/C20H27N3O3S/c1-4-22-8-10-23(11-9-22)19(24)14-27(25)13-18-16(3)26-20(21-18)17-7-5-6-15(2)12-17/h5-7,12H,4,8-11,13-14H2,1-3H3/t27-/m0/s1. The molecule has 1 saturated heterocycles. The van der Waals surface area contributed by atoms with E-state index in [-0.39, 0.29) is 17.4 Å². The maximum atomic E-state index is 12.5. The van der Waals surface area contributed by atoms with Crippen LogP contribution in [-0.2, 0) is 21.3 Å². The molecule has 2 aromatic rings. The number of oxazole rings is 1. The minimum atomic E-state index is -1.30. The Balaban J connectivity index is 1.59. The van der Waals surface area contributed by atoms with E-state index in [0.29, 0.717) is 30.4 Å². The molecule has 27 heavy (non-hydrogen) atoms. The van der Waals surface area contributed by atoms with Crippen LogP contribution in [0.5, 0.6) is 0 Å². The Morgan fingerprint density at radius 2 is 1.96 bits per heavy atom. The van der Waals surface area contributed by atoms with E-state index in [1.54, 1.807) is 0 Å². The maximum absolute atomic E-state index is 12.5. The molecule has 0 unspecified atom stereocenters. The van der Waals surface area contributed by atoms with Crippen LogP contribution < -0.4 is 0 Å². The molecule has 6 nitrogen and oxygen atoms in total. The minimum Gasteiger partial charge on any atom is -0.441 e. The molecule has 1 amide bonds. The fraction of sp³-hybridized carbons (Fsp3) is 0.500. The first-order valence-corrected chi connectivity index (χ1v) is 10.8. The highest BCUT2D eigenvalue weighted by molar-refractivity contribution is 7.84. The summed E-state index contributed by atoms with van der Waals surface area (Å²) in [5.74, 6) is 1.43. The van der Waals surface area contributed by atoms with Crippen molar-refractivity contribution in [3.63, 3.8) is 0 Å². The number of amides is 1. The second-order valence-electron chi connectivity index (χ2n) is 6.93. The van der Waals surface area contributed by atoms with Gasteiger partial charge in [0, 0.05) is 42.5 Å². The number of hydrogen-bond acceptors (Lipinski definition) is 5.